The summed E-state index contributed by atoms with van der Waals surface area (Å²) in [6.07, 6.45) is 0. The van der Waals surface area contributed by atoms with Crippen molar-refractivity contribution in [3.05, 3.63) is 34.3 Å². The first-order valence-electron chi connectivity index (χ1n) is 5.66. The lowest BCUT2D eigenvalue weighted by atomic mass is 10.0. The monoisotopic (exact) mass is 273 g/mol. The average Bonchev–Trinajstić information content (AvgIpc) is 2.20. The Hall–Kier alpha value is -0.380. The Balaban J connectivity index is 2.88. The van der Waals surface area contributed by atoms with E-state index in [0.717, 1.165) is 16.1 Å². The Morgan fingerprint density at radius 2 is 1.94 bits per heavy atom. The summed E-state index contributed by atoms with van der Waals surface area (Å²) in [6.45, 7) is 9.84. The molecule has 0 fully saturated rings. The van der Waals surface area contributed by atoms with Crippen LogP contribution in [-0.2, 0) is 11.0 Å². The van der Waals surface area contributed by atoms with E-state index in [1.807, 2.05) is 52.8 Å². The Kier molecular flexibility index (Phi) is 4.76. The van der Waals surface area contributed by atoms with E-state index in [0.29, 0.717) is 0 Å². The van der Waals surface area contributed by atoms with Crippen LogP contribution < -0.4 is 4.72 Å². The maximum atomic E-state index is 12.0. The van der Waals surface area contributed by atoms with Gasteiger partial charge in [-0.15, -0.1) is 0 Å². The number of hydrogen-bond donors (Lipinski definition) is 1. The summed E-state index contributed by atoms with van der Waals surface area (Å²) < 4.78 is 14.9. The maximum Gasteiger partial charge on any atom is 0.0975 e. The molecule has 0 bridgehead atoms. The molecule has 1 N–H and O–H groups in total. The predicted octanol–water partition coefficient (Wildman–Crippen LogP) is 3.76. The van der Waals surface area contributed by atoms with Crippen LogP contribution in [0.5, 0.6) is 0 Å². The quantitative estimate of drug-likeness (QED) is 0.893. The molecule has 1 aromatic carbocycles. The summed E-state index contributed by atoms with van der Waals surface area (Å²) in [7, 11) is -1.08. The van der Waals surface area contributed by atoms with Crippen LogP contribution in [-0.4, -0.2) is 8.96 Å². The van der Waals surface area contributed by atoms with E-state index in [2.05, 4.69) is 4.72 Å². The standard InChI is InChI=1S/C13H20ClNOS/c1-9-11(7-6-8-12(9)14)10(2)15-17(16)13(3,4)5/h6-8,10,15H,1-5H3/t10-,17?/m1/s1. The highest BCUT2D eigenvalue weighted by Gasteiger charge is 2.22. The molecule has 0 radical (unpaired) electrons. The highest BCUT2D eigenvalue weighted by atomic mass is 35.5. The van der Waals surface area contributed by atoms with E-state index in [9.17, 15) is 4.21 Å². The molecule has 4 heteroatoms. The lowest BCUT2D eigenvalue weighted by molar-refractivity contribution is 0.615. The van der Waals surface area contributed by atoms with Crippen molar-refractivity contribution in [2.75, 3.05) is 0 Å². The second kappa shape index (κ2) is 5.51. The average molecular weight is 274 g/mol. The van der Waals surface area contributed by atoms with E-state index < -0.39 is 11.0 Å². The molecule has 96 valence electrons. The molecule has 0 saturated carbocycles. The maximum absolute atomic E-state index is 12.0. The first kappa shape index (κ1) is 14.7. The summed E-state index contributed by atoms with van der Waals surface area (Å²) in [5, 5.41) is 0.748. The van der Waals surface area contributed by atoms with Crippen LogP contribution in [0, 0.1) is 6.92 Å². The third kappa shape index (κ3) is 3.80. The van der Waals surface area contributed by atoms with Gasteiger partial charge in [0, 0.05) is 11.1 Å². The van der Waals surface area contributed by atoms with Crippen LogP contribution in [0.3, 0.4) is 0 Å². The predicted molar refractivity (Wildman–Crippen MR) is 75.6 cm³/mol. The van der Waals surface area contributed by atoms with Gasteiger partial charge < -0.3 is 0 Å². The van der Waals surface area contributed by atoms with Crippen molar-refractivity contribution in [2.45, 2.75) is 45.4 Å². The van der Waals surface area contributed by atoms with Crippen molar-refractivity contribution in [1.82, 2.24) is 4.72 Å². The smallest absolute Gasteiger partial charge is 0.0975 e. The van der Waals surface area contributed by atoms with Crippen LogP contribution >= 0.6 is 11.6 Å². The molecular formula is C13H20ClNOS. The lowest BCUT2D eigenvalue weighted by Crippen LogP contribution is -2.35. The number of nitrogens with one attached hydrogen (secondary N) is 1. The first-order valence-corrected chi connectivity index (χ1v) is 7.19. The van der Waals surface area contributed by atoms with E-state index >= 15 is 0 Å². The van der Waals surface area contributed by atoms with E-state index in [4.69, 9.17) is 11.6 Å². The molecule has 2 nitrogen and oxygen atoms in total. The third-order valence-corrected chi connectivity index (χ3v) is 4.71. The van der Waals surface area contributed by atoms with Crippen molar-refractivity contribution >= 4 is 22.6 Å². The zero-order valence-corrected chi connectivity index (χ0v) is 12.6. The summed E-state index contributed by atoms with van der Waals surface area (Å²) in [5.41, 5.74) is 2.13. The molecule has 0 spiro atoms. The topological polar surface area (TPSA) is 29.1 Å². The largest absolute Gasteiger partial charge is 0.242 e. The number of halogens is 1. The van der Waals surface area contributed by atoms with Gasteiger partial charge in [0.05, 0.1) is 15.7 Å². The number of hydrogen-bond acceptors (Lipinski definition) is 1. The van der Waals surface area contributed by atoms with Crippen LogP contribution in [0.15, 0.2) is 18.2 Å². The molecule has 0 aliphatic heterocycles. The van der Waals surface area contributed by atoms with Crippen LogP contribution in [0.2, 0.25) is 5.02 Å². The molecule has 1 unspecified atom stereocenters. The van der Waals surface area contributed by atoms with Gasteiger partial charge in [-0.05, 0) is 51.8 Å². The van der Waals surface area contributed by atoms with Gasteiger partial charge in [-0.25, -0.2) is 8.93 Å². The van der Waals surface area contributed by atoms with Crippen molar-refractivity contribution in [1.29, 1.82) is 0 Å². The fourth-order valence-corrected chi connectivity index (χ4v) is 2.48. The Morgan fingerprint density at radius 1 is 1.35 bits per heavy atom. The molecule has 0 saturated heterocycles. The van der Waals surface area contributed by atoms with Gasteiger partial charge in [0.25, 0.3) is 0 Å². The zero-order valence-electron chi connectivity index (χ0n) is 11.0. The van der Waals surface area contributed by atoms with Gasteiger partial charge in [-0.2, -0.15) is 0 Å². The normalized spacial score (nSPS) is 15.6. The minimum absolute atomic E-state index is 0.0220. The Bertz CT molecular complexity index is 426. The summed E-state index contributed by atoms with van der Waals surface area (Å²) >= 11 is 6.08. The van der Waals surface area contributed by atoms with Crippen LogP contribution in [0.4, 0.5) is 0 Å². The highest BCUT2D eigenvalue weighted by molar-refractivity contribution is 7.84. The summed E-state index contributed by atoms with van der Waals surface area (Å²) in [6, 6.07) is 5.82. The minimum Gasteiger partial charge on any atom is -0.242 e. The minimum atomic E-state index is -1.08. The molecule has 2 atom stereocenters. The summed E-state index contributed by atoms with van der Waals surface area (Å²) in [4.78, 5) is 0. The van der Waals surface area contributed by atoms with E-state index in [1.54, 1.807) is 0 Å². The van der Waals surface area contributed by atoms with Crippen molar-refractivity contribution in [2.24, 2.45) is 0 Å². The number of benzene rings is 1. The molecule has 17 heavy (non-hydrogen) atoms. The van der Waals surface area contributed by atoms with Crippen molar-refractivity contribution < 1.29 is 4.21 Å². The van der Waals surface area contributed by atoms with Gasteiger partial charge in [-0.1, -0.05) is 23.7 Å². The highest BCUT2D eigenvalue weighted by Crippen LogP contribution is 2.25. The summed E-state index contributed by atoms with van der Waals surface area (Å²) in [5.74, 6) is 0. The first-order chi connectivity index (χ1) is 7.73. The molecule has 0 aromatic heterocycles. The molecule has 0 aliphatic rings. The second-order valence-electron chi connectivity index (χ2n) is 5.17. The molecule has 0 aliphatic carbocycles. The Labute approximate surface area is 111 Å². The molecule has 1 rings (SSSR count). The van der Waals surface area contributed by atoms with Gasteiger partial charge in [0.2, 0.25) is 0 Å². The van der Waals surface area contributed by atoms with Crippen LogP contribution in [0.1, 0.15) is 44.9 Å². The van der Waals surface area contributed by atoms with Crippen molar-refractivity contribution in [3.63, 3.8) is 0 Å². The van der Waals surface area contributed by atoms with Crippen LogP contribution in [0.25, 0.3) is 0 Å². The zero-order chi connectivity index (χ0) is 13.2. The Morgan fingerprint density at radius 3 is 2.47 bits per heavy atom. The molecular weight excluding hydrogens is 254 g/mol. The van der Waals surface area contributed by atoms with Crippen molar-refractivity contribution in [3.8, 4) is 0 Å². The van der Waals surface area contributed by atoms with Gasteiger partial charge >= 0.3 is 0 Å². The lowest BCUT2D eigenvalue weighted by Gasteiger charge is -2.23. The second-order valence-corrected chi connectivity index (χ2v) is 7.58. The fourth-order valence-electron chi connectivity index (χ4n) is 1.49. The van der Waals surface area contributed by atoms with E-state index in [-0.39, 0.29) is 10.8 Å². The number of rotatable bonds is 3. The van der Waals surface area contributed by atoms with Gasteiger partial charge in [0.1, 0.15) is 0 Å². The van der Waals surface area contributed by atoms with Gasteiger partial charge in [0.15, 0.2) is 0 Å². The van der Waals surface area contributed by atoms with E-state index in [1.165, 1.54) is 0 Å². The van der Waals surface area contributed by atoms with Gasteiger partial charge in [-0.3, -0.25) is 0 Å². The SMILES string of the molecule is Cc1c(Cl)cccc1[C@@H](C)NS(=O)C(C)(C)C. The molecule has 0 heterocycles. The molecule has 1 aromatic rings. The molecule has 0 amide bonds. The third-order valence-electron chi connectivity index (χ3n) is 2.62. The fraction of sp³-hybridized carbons (Fsp3) is 0.538.